The Kier molecular flexibility index (Phi) is 5.33. The largest absolute Gasteiger partial charge is 0.467 e. The topological polar surface area (TPSA) is 55.8 Å². The van der Waals surface area contributed by atoms with Crippen LogP contribution in [0.2, 0.25) is 0 Å². The van der Waals surface area contributed by atoms with Crippen LogP contribution in [-0.2, 0) is 9.53 Å². The van der Waals surface area contributed by atoms with Crippen LogP contribution in [0.15, 0.2) is 6.07 Å². The normalized spacial score (nSPS) is 18.4. The maximum Gasteiger partial charge on any atom is 0.387 e. The molecular formula is C14H17F2NO4S. The lowest BCUT2D eigenvalue weighted by Gasteiger charge is -2.33. The summed E-state index contributed by atoms with van der Waals surface area (Å²) in [4.78, 5) is 26.6. The molecule has 1 atom stereocenters. The van der Waals surface area contributed by atoms with Crippen molar-refractivity contribution in [2.75, 3.05) is 13.7 Å². The summed E-state index contributed by atoms with van der Waals surface area (Å²) in [6.45, 7) is -0.907. The van der Waals surface area contributed by atoms with E-state index in [1.165, 1.54) is 18.1 Å². The van der Waals surface area contributed by atoms with E-state index < -0.39 is 24.5 Å². The highest BCUT2D eigenvalue weighted by molar-refractivity contribution is 7.14. The van der Waals surface area contributed by atoms with E-state index >= 15 is 0 Å². The van der Waals surface area contributed by atoms with Crippen LogP contribution in [0.1, 0.15) is 33.8 Å². The molecule has 0 bridgehead atoms. The molecule has 0 spiro atoms. The Morgan fingerprint density at radius 2 is 2.14 bits per heavy atom. The number of ether oxygens (including phenoxy) is 2. The van der Waals surface area contributed by atoms with E-state index in [0.717, 1.165) is 24.2 Å². The van der Waals surface area contributed by atoms with Gasteiger partial charge in [0.1, 0.15) is 16.7 Å². The summed E-state index contributed by atoms with van der Waals surface area (Å²) in [6.07, 6.45) is 2.08. The zero-order valence-electron chi connectivity index (χ0n) is 12.3. The first-order chi connectivity index (χ1) is 10.4. The van der Waals surface area contributed by atoms with Gasteiger partial charge in [-0.15, -0.1) is 11.3 Å². The fraction of sp³-hybridized carbons (Fsp3) is 0.571. The first-order valence-corrected chi connectivity index (χ1v) is 7.69. The van der Waals surface area contributed by atoms with Crippen molar-refractivity contribution in [2.45, 2.75) is 38.8 Å². The molecular weight excluding hydrogens is 316 g/mol. The Bertz CT molecular complexity index is 561. The molecule has 1 unspecified atom stereocenters. The molecule has 5 nitrogen and oxygen atoms in total. The molecule has 1 aromatic rings. The number of hydrogen-bond donors (Lipinski definition) is 0. The summed E-state index contributed by atoms with van der Waals surface area (Å²) in [5.74, 6) is -1.10. The number of carbonyl (C=O) groups is 2. The summed E-state index contributed by atoms with van der Waals surface area (Å²) in [6, 6.07) is 0.731. The van der Waals surface area contributed by atoms with Gasteiger partial charge in [-0.1, -0.05) is 0 Å². The van der Waals surface area contributed by atoms with Gasteiger partial charge in [0.15, 0.2) is 0 Å². The number of methoxy groups -OCH3 is 1. The molecule has 0 saturated carbocycles. The number of rotatable bonds is 4. The molecule has 0 aromatic carbocycles. The predicted molar refractivity (Wildman–Crippen MR) is 76.4 cm³/mol. The number of likely N-dealkylation sites (tertiary alicyclic amines) is 1. The lowest BCUT2D eigenvalue weighted by atomic mass is 10.0. The molecule has 0 N–H and O–H groups in total. The summed E-state index contributed by atoms with van der Waals surface area (Å²) in [5, 5.41) is 0. The average Bonchev–Trinajstić information content (AvgIpc) is 2.85. The van der Waals surface area contributed by atoms with Gasteiger partial charge in [0.25, 0.3) is 5.91 Å². The number of amides is 1. The maximum absolute atomic E-state index is 12.6. The van der Waals surface area contributed by atoms with Gasteiger partial charge in [-0.2, -0.15) is 8.78 Å². The van der Waals surface area contributed by atoms with Crippen LogP contribution < -0.4 is 4.74 Å². The second-order valence-electron chi connectivity index (χ2n) is 4.96. The number of esters is 1. The third-order valence-electron chi connectivity index (χ3n) is 3.47. The Balaban J connectivity index is 2.27. The highest BCUT2D eigenvalue weighted by atomic mass is 32.1. The van der Waals surface area contributed by atoms with Crippen molar-refractivity contribution in [3.8, 4) is 5.75 Å². The van der Waals surface area contributed by atoms with Gasteiger partial charge in [-0.3, -0.25) is 4.79 Å². The first kappa shape index (κ1) is 16.7. The minimum absolute atomic E-state index is 0.0913. The van der Waals surface area contributed by atoms with E-state index in [0.29, 0.717) is 17.8 Å². The lowest BCUT2D eigenvalue weighted by molar-refractivity contribution is -0.147. The fourth-order valence-corrected chi connectivity index (χ4v) is 3.41. The minimum atomic E-state index is -3.00. The fourth-order valence-electron chi connectivity index (χ4n) is 2.51. The smallest absolute Gasteiger partial charge is 0.387 e. The van der Waals surface area contributed by atoms with E-state index in [9.17, 15) is 18.4 Å². The molecule has 1 aliphatic heterocycles. The van der Waals surface area contributed by atoms with Crippen molar-refractivity contribution >= 4 is 23.2 Å². The lowest BCUT2D eigenvalue weighted by Crippen LogP contribution is -2.48. The van der Waals surface area contributed by atoms with Gasteiger partial charge in [0.2, 0.25) is 0 Å². The van der Waals surface area contributed by atoms with Crippen molar-refractivity contribution < 1.29 is 27.8 Å². The van der Waals surface area contributed by atoms with Crippen LogP contribution in [0, 0.1) is 6.92 Å². The van der Waals surface area contributed by atoms with E-state index in [1.807, 2.05) is 0 Å². The molecule has 8 heteroatoms. The SMILES string of the molecule is COC(=O)C1CCCCN1C(=O)c1sc(C)cc1OC(F)F. The highest BCUT2D eigenvalue weighted by Gasteiger charge is 2.35. The Hall–Kier alpha value is -1.70. The van der Waals surface area contributed by atoms with E-state index in [2.05, 4.69) is 4.74 Å². The monoisotopic (exact) mass is 333 g/mol. The van der Waals surface area contributed by atoms with Crippen molar-refractivity contribution in [1.29, 1.82) is 0 Å². The minimum Gasteiger partial charge on any atom is -0.467 e. The van der Waals surface area contributed by atoms with Crippen molar-refractivity contribution in [2.24, 2.45) is 0 Å². The third kappa shape index (κ3) is 3.55. The van der Waals surface area contributed by atoms with E-state index in [-0.39, 0.29) is 10.6 Å². The van der Waals surface area contributed by atoms with Crippen molar-refractivity contribution in [3.05, 3.63) is 15.8 Å². The maximum atomic E-state index is 12.6. The second kappa shape index (κ2) is 7.04. The van der Waals surface area contributed by atoms with Crippen LogP contribution >= 0.6 is 11.3 Å². The summed E-state index contributed by atoms with van der Waals surface area (Å²) in [5.41, 5.74) is 0. The molecule has 22 heavy (non-hydrogen) atoms. The number of halogens is 2. The van der Waals surface area contributed by atoms with Crippen LogP contribution in [0.3, 0.4) is 0 Å². The van der Waals surface area contributed by atoms with Gasteiger partial charge in [0, 0.05) is 11.4 Å². The van der Waals surface area contributed by atoms with Crippen molar-refractivity contribution in [1.82, 2.24) is 4.90 Å². The third-order valence-corrected chi connectivity index (χ3v) is 4.49. The summed E-state index contributed by atoms with van der Waals surface area (Å²) < 4.78 is 34.1. The van der Waals surface area contributed by atoms with Crippen LogP contribution in [0.25, 0.3) is 0 Å². The number of alkyl halides is 2. The van der Waals surface area contributed by atoms with Crippen LogP contribution in [0.5, 0.6) is 5.75 Å². The second-order valence-corrected chi connectivity index (χ2v) is 6.22. The van der Waals surface area contributed by atoms with Gasteiger partial charge >= 0.3 is 12.6 Å². The molecule has 0 aliphatic carbocycles. The molecule has 0 radical (unpaired) electrons. The van der Waals surface area contributed by atoms with Crippen LogP contribution in [0.4, 0.5) is 8.78 Å². The molecule has 1 fully saturated rings. The quantitative estimate of drug-likeness (QED) is 0.795. The molecule has 2 rings (SSSR count). The summed E-state index contributed by atoms with van der Waals surface area (Å²) in [7, 11) is 1.26. The standard InChI is InChI=1S/C14H17F2NO4S/c1-8-7-10(21-14(15)16)11(22-8)12(18)17-6-4-3-5-9(17)13(19)20-2/h7,9,14H,3-6H2,1-2H3. The predicted octanol–water partition coefficient (Wildman–Crippen LogP) is 2.83. The zero-order valence-corrected chi connectivity index (χ0v) is 13.1. The number of piperidine rings is 1. The molecule has 1 aromatic heterocycles. The summed E-state index contributed by atoms with van der Waals surface area (Å²) >= 11 is 1.08. The molecule has 1 saturated heterocycles. The van der Waals surface area contributed by atoms with E-state index in [4.69, 9.17) is 4.74 Å². The van der Waals surface area contributed by atoms with Crippen LogP contribution in [-0.4, -0.2) is 43.1 Å². The zero-order chi connectivity index (χ0) is 16.3. The Labute approximate surface area is 130 Å². The van der Waals surface area contributed by atoms with Gasteiger partial charge in [0.05, 0.1) is 7.11 Å². The molecule has 2 heterocycles. The molecule has 1 amide bonds. The van der Waals surface area contributed by atoms with Crippen molar-refractivity contribution in [3.63, 3.8) is 0 Å². The molecule has 122 valence electrons. The number of hydrogen-bond acceptors (Lipinski definition) is 5. The Morgan fingerprint density at radius 1 is 1.41 bits per heavy atom. The number of thiophene rings is 1. The van der Waals surface area contributed by atoms with Gasteiger partial charge < -0.3 is 14.4 Å². The number of nitrogens with zero attached hydrogens (tertiary/aromatic N) is 1. The molecule has 1 aliphatic rings. The highest BCUT2D eigenvalue weighted by Crippen LogP contribution is 2.33. The van der Waals surface area contributed by atoms with Gasteiger partial charge in [-0.25, -0.2) is 4.79 Å². The number of aryl methyl sites for hydroxylation is 1. The van der Waals surface area contributed by atoms with E-state index in [1.54, 1.807) is 6.92 Å². The van der Waals surface area contributed by atoms with Gasteiger partial charge in [-0.05, 0) is 32.3 Å². The average molecular weight is 333 g/mol. The number of carbonyl (C=O) groups excluding carboxylic acids is 2. The first-order valence-electron chi connectivity index (χ1n) is 6.88. The Morgan fingerprint density at radius 3 is 2.77 bits per heavy atom.